The van der Waals surface area contributed by atoms with Crippen LogP contribution in [0.1, 0.15) is 12.0 Å². The van der Waals surface area contributed by atoms with Crippen molar-refractivity contribution < 1.29 is 0 Å². The lowest BCUT2D eigenvalue weighted by Gasteiger charge is -1.90. The van der Waals surface area contributed by atoms with Gasteiger partial charge in [-0.05, 0) is 12.1 Å². The molecule has 2 rings (SSSR count). The van der Waals surface area contributed by atoms with Gasteiger partial charge in [0, 0.05) is 18.0 Å². The Hall–Kier alpha value is -2.26. The van der Waals surface area contributed by atoms with Crippen LogP contribution in [0.3, 0.4) is 0 Å². The van der Waals surface area contributed by atoms with E-state index in [9.17, 15) is 0 Å². The van der Waals surface area contributed by atoms with Crippen molar-refractivity contribution in [1.82, 2.24) is 9.97 Å². The maximum atomic E-state index is 8.31. The largest absolute Gasteiger partial charge is 0.360 e. The highest BCUT2D eigenvalue weighted by atomic mass is 14.7. The average molecular weight is 181 g/mol. The number of aromatic nitrogens is 2. The second-order valence-corrected chi connectivity index (χ2v) is 2.77. The highest BCUT2D eigenvalue weighted by Gasteiger charge is 1.94. The standard InChI is InChI=1S/C11H7N3/c12-5-2-1-3-9-7-11-10(14-8-9)4-6-13-11/h4,6-8,13H,2H2. The first-order valence-electron chi connectivity index (χ1n) is 4.19. The zero-order valence-electron chi connectivity index (χ0n) is 7.41. The predicted octanol–water partition coefficient (Wildman–Crippen LogP) is 1.83. The molecule has 3 heteroatoms. The lowest BCUT2D eigenvalue weighted by Crippen LogP contribution is -1.79. The van der Waals surface area contributed by atoms with Gasteiger partial charge in [-0.3, -0.25) is 4.98 Å². The summed E-state index contributed by atoms with van der Waals surface area (Å²) in [5.74, 6) is 5.62. The van der Waals surface area contributed by atoms with Crippen molar-refractivity contribution >= 4 is 11.0 Å². The summed E-state index contributed by atoms with van der Waals surface area (Å²) >= 11 is 0. The molecular formula is C11H7N3. The zero-order valence-corrected chi connectivity index (χ0v) is 7.41. The van der Waals surface area contributed by atoms with Crippen LogP contribution in [0.2, 0.25) is 0 Å². The fourth-order valence-corrected chi connectivity index (χ4v) is 1.19. The van der Waals surface area contributed by atoms with Gasteiger partial charge in [-0.2, -0.15) is 5.26 Å². The second kappa shape index (κ2) is 3.64. The lowest BCUT2D eigenvalue weighted by molar-refractivity contribution is 1.37. The molecule has 66 valence electrons. The Balaban J connectivity index is 2.37. The minimum absolute atomic E-state index is 0.253. The molecule has 2 aromatic heterocycles. The molecule has 0 aliphatic heterocycles. The average Bonchev–Trinajstić information content (AvgIpc) is 2.65. The van der Waals surface area contributed by atoms with E-state index in [-0.39, 0.29) is 6.42 Å². The summed E-state index contributed by atoms with van der Waals surface area (Å²) < 4.78 is 0. The van der Waals surface area contributed by atoms with Crippen LogP contribution < -0.4 is 0 Å². The van der Waals surface area contributed by atoms with E-state index in [1.54, 1.807) is 6.20 Å². The Bertz CT molecular complexity index is 549. The summed E-state index contributed by atoms with van der Waals surface area (Å²) in [6.45, 7) is 0. The van der Waals surface area contributed by atoms with Gasteiger partial charge in [0.2, 0.25) is 0 Å². The lowest BCUT2D eigenvalue weighted by atomic mass is 10.2. The van der Waals surface area contributed by atoms with Gasteiger partial charge in [0.15, 0.2) is 0 Å². The molecule has 0 amide bonds. The molecule has 0 saturated carbocycles. The third kappa shape index (κ3) is 1.57. The van der Waals surface area contributed by atoms with Crippen molar-refractivity contribution in [2.75, 3.05) is 0 Å². The van der Waals surface area contributed by atoms with E-state index in [1.807, 2.05) is 24.4 Å². The van der Waals surface area contributed by atoms with Crippen molar-refractivity contribution in [1.29, 1.82) is 5.26 Å². The van der Waals surface area contributed by atoms with Crippen LogP contribution in [0.25, 0.3) is 11.0 Å². The van der Waals surface area contributed by atoms with Crippen LogP contribution in [-0.4, -0.2) is 9.97 Å². The molecular weight excluding hydrogens is 174 g/mol. The first kappa shape index (κ1) is 8.34. The first-order valence-corrected chi connectivity index (χ1v) is 4.19. The van der Waals surface area contributed by atoms with E-state index in [2.05, 4.69) is 21.8 Å². The number of fused-ring (bicyclic) bond motifs is 1. The summed E-state index contributed by atoms with van der Waals surface area (Å²) in [5.41, 5.74) is 2.72. The first-order chi connectivity index (χ1) is 6.90. The Morgan fingerprint density at radius 3 is 3.29 bits per heavy atom. The summed E-state index contributed by atoms with van der Waals surface area (Å²) in [6.07, 6.45) is 3.80. The molecule has 0 radical (unpaired) electrons. The predicted molar refractivity (Wildman–Crippen MR) is 53.2 cm³/mol. The van der Waals surface area contributed by atoms with Crippen LogP contribution >= 0.6 is 0 Å². The van der Waals surface area contributed by atoms with Crippen molar-refractivity contribution in [2.45, 2.75) is 6.42 Å². The van der Waals surface area contributed by atoms with E-state index >= 15 is 0 Å². The molecule has 0 aliphatic rings. The van der Waals surface area contributed by atoms with Crippen LogP contribution in [0, 0.1) is 23.2 Å². The minimum Gasteiger partial charge on any atom is -0.360 e. The molecule has 0 atom stereocenters. The number of hydrogen-bond donors (Lipinski definition) is 1. The SMILES string of the molecule is N#CCC#Cc1cnc2cc[nH]c2c1. The van der Waals surface area contributed by atoms with Gasteiger partial charge in [0.05, 0.1) is 23.5 Å². The molecule has 0 saturated heterocycles. The van der Waals surface area contributed by atoms with Gasteiger partial charge in [-0.1, -0.05) is 11.8 Å². The van der Waals surface area contributed by atoms with Crippen LogP contribution in [-0.2, 0) is 0 Å². The van der Waals surface area contributed by atoms with E-state index in [0.29, 0.717) is 0 Å². The number of nitrogens with one attached hydrogen (secondary N) is 1. The van der Waals surface area contributed by atoms with Gasteiger partial charge in [-0.15, -0.1) is 0 Å². The van der Waals surface area contributed by atoms with Gasteiger partial charge in [0.25, 0.3) is 0 Å². The third-order valence-electron chi connectivity index (χ3n) is 1.80. The van der Waals surface area contributed by atoms with Crippen molar-refractivity contribution in [2.24, 2.45) is 0 Å². The number of H-pyrrole nitrogens is 1. The third-order valence-corrected chi connectivity index (χ3v) is 1.80. The molecule has 0 unspecified atom stereocenters. The number of aromatic amines is 1. The topological polar surface area (TPSA) is 52.5 Å². The summed E-state index contributed by atoms with van der Waals surface area (Å²) in [7, 11) is 0. The minimum atomic E-state index is 0.253. The number of rotatable bonds is 0. The number of nitrogens with zero attached hydrogens (tertiary/aromatic N) is 2. The number of hydrogen-bond acceptors (Lipinski definition) is 2. The maximum absolute atomic E-state index is 8.31. The molecule has 2 aromatic rings. The van der Waals surface area contributed by atoms with Gasteiger partial charge in [0.1, 0.15) is 0 Å². The molecule has 0 spiro atoms. The normalized spacial score (nSPS) is 9.07. The van der Waals surface area contributed by atoms with Crippen LogP contribution in [0.15, 0.2) is 24.5 Å². The van der Waals surface area contributed by atoms with Crippen molar-refractivity contribution in [3.63, 3.8) is 0 Å². The quantitative estimate of drug-likeness (QED) is 0.630. The summed E-state index contributed by atoms with van der Waals surface area (Å²) in [6, 6.07) is 5.80. The smallest absolute Gasteiger partial charge is 0.0966 e. The van der Waals surface area contributed by atoms with E-state index in [0.717, 1.165) is 16.6 Å². The Labute approximate surface area is 81.4 Å². The second-order valence-electron chi connectivity index (χ2n) is 2.77. The van der Waals surface area contributed by atoms with Crippen LogP contribution in [0.4, 0.5) is 0 Å². The Kier molecular flexibility index (Phi) is 2.17. The number of nitriles is 1. The van der Waals surface area contributed by atoms with Crippen molar-refractivity contribution in [3.05, 3.63) is 30.1 Å². The monoisotopic (exact) mass is 181 g/mol. The highest BCUT2D eigenvalue weighted by molar-refractivity contribution is 5.75. The van der Waals surface area contributed by atoms with E-state index in [1.165, 1.54) is 0 Å². The van der Waals surface area contributed by atoms with Gasteiger partial charge >= 0.3 is 0 Å². The van der Waals surface area contributed by atoms with Crippen molar-refractivity contribution in [3.8, 4) is 17.9 Å². The van der Waals surface area contributed by atoms with Gasteiger partial charge in [-0.25, -0.2) is 0 Å². The molecule has 14 heavy (non-hydrogen) atoms. The zero-order chi connectivity index (χ0) is 9.80. The molecule has 2 heterocycles. The molecule has 0 bridgehead atoms. The summed E-state index contributed by atoms with van der Waals surface area (Å²) in [4.78, 5) is 7.26. The van der Waals surface area contributed by atoms with E-state index in [4.69, 9.17) is 5.26 Å². The fourth-order valence-electron chi connectivity index (χ4n) is 1.19. The molecule has 0 fully saturated rings. The molecule has 1 N–H and O–H groups in total. The molecule has 0 aliphatic carbocycles. The van der Waals surface area contributed by atoms with Gasteiger partial charge < -0.3 is 4.98 Å². The Morgan fingerprint density at radius 2 is 2.43 bits per heavy atom. The summed E-state index contributed by atoms with van der Waals surface area (Å²) in [5, 5.41) is 8.31. The number of pyridine rings is 1. The fraction of sp³-hybridized carbons (Fsp3) is 0.0909. The molecule has 0 aromatic carbocycles. The van der Waals surface area contributed by atoms with Crippen LogP contribution in [0.5, 0.6) is 0 Å². The maximum Gasteiger partial charge on any atom is 0.0966 e. The van der Waals surface area contributed by atoms with E-state index < -0.39 is 0 Å². The Morgan fingerprint density at radius 1 is 1.50 bits per heavy atom. The highest BCUT2D eigenvalue weighted by Crippen LogP contribution is 2.09. The molecule has 3 nitrogen and oxygen atoms in total.